The molecule has 2 aliphatic rings. The molecule has 1 saturated heterocycles. The molecule has 0 aromatic heterocycles. The predicted octanol–water partition coefficient (Wildman–Crippen LogP) is 1.92. The third kappa shape index (κ3) is 3.95. The van der Waals surface area contributed by atoms with E-state index in [1.807, 2.05) is 0 Å². The number of benzene rings is 1. The minimum atomic E-state index is -4.54. The summed E-state index contributed by atoms with van der Waals surface area (Å²) in [5.74, 6) is -0.746. The number of nitrogens with one attached hydrogen (secondary N) is 1. The summed E-state index contributed by atoms with van der Waals surface area (Å²) in [4.78, 5) is 12.1. The van der Waals surface area contributed by atoms with E-state index in [9.17, 15) is 26.4 Å². The van der Waals surface area contributed by atoms with Gasteiger partial charge in [-0.3, -0.25) is 4.79 Å². The lowest BCUT2D eigenvalue weighted by molar-refractivity contribution is -0.140. The molecule has 3 rings (SSSR count). The van der Waals surface area contributed by atoms with Crippen LogP contribution < -0.4 is 5.32 Å². The quantitative estimate of drug-likeness (QED) is 0.847. The van der Waals surface area contributed by atoms with Gasteiger partial charge < -0.3 is 5.32 Å². The standard InChI is InChI=1S/C15H17F3N2O3S2/c16-15(17,18)8-19-14(21)13-7-24-9-20(13)25(22,23)12-5-4-10-2-1-3-11(10)6-12/h4-6,13H,1-3,7-9H2,(H,19,21)/t13-/m0/s1. The van der Waals surface area contributed by atoms with Gasteiger partial charge in [0.1, 0.15) is 12.6 Å². The Morgan fingerprint density at radius 1 is 1.28 bits per heavy atom. The van der Waals surface area contributed by atoms with Gasteiger partial charge >= 0.3 is 6.18 Å². The van der Waals surface area contributed by atoms with Crippen LogP contribution in [0.15, 0.2) is 23.1 Å². The van der Waals surface area contributed by atoms with Gasteiger partial charge in [-0.2, -0.15) is 17.5 Å². The number of aryl methyl sites for hydroxylation is 2. The van der Waals surface area contributed by atoms with E-state index in [1.165, 1.54) is 17.8 Å². The van der Waals surface area contributed by atoms with Crippen molar-refractivity contribution in [2.45, 2.75) is 36.4 Å². The Morgan fingerprint density at radius 2 is 2.00 bits per heavy atom. The number of halogens is 3. The molecule has 0 bridgehead atoms. The molecule has 0 saturated carbocycles. The van der Waals surface area contributed by atoms with E-state index in [0.717, 1.165) is 34.7 Å². The van der Waals surface area contributed by atoms with Crippen LogP contribution in [0.2, 0.25) is 0 Å². The number of nitrogens with zero attached hydrogens (tertiary/aromatic N) is 1. The van der Waals surface area contributed by atoms with Crippen LogP contribution in [-0.2, 0) is 27.7 Å². The topological polar surface area (TPSA) is 66.5 Å². The Morgan fingerprint density at radius 3 is 2.72 bits per heavy atom. The highest BCUT2D eigenvalue weighted by molar-refractivity contribution is 8.00. The van der Waals surface area contributed by atoms with E-state index >= 15 is 0 Å². The second-order valence-electron chi connectivity index (χ2n) is 6.02. The van der Waals surface area contributed by atoms with Gasteiger partial charge in [0.15, 0.2) is 0 Å². The van der Waals surface area contributed by atoms with Crippen LogP contribution in [-0.4, -0.2) is 49.0 Å². The van der Waals surface area contributed by atoms with E-state index in [0.29, 0.717) is 0 Å². The predicted molar refractivity (Wildman–Crippen MR) is 87.7 cm³/mol. The minimum absolute atomic E-state index is 0.0452. The van der Waals surface area contributed by atoms with Gasteiger partial charge in [0, 0.05) is 5.75 Å². The molecule has 5 nitrogen and oxygen atoms in total. The molecule has 0 radical (unpaired) electrons. The molecule has 0 spiro atoms. The molecule has 1 heterocycles. The maximum atomic E-state index is 12.9. The highest BCUT2D eigenvalue weighted by Gasteiger charge is 2.41. The lowest BCUT2D eigenvalue weighted by Gasteiger charge is -2.23. The summed E-state index contributed by atoms with van der Waals surface area (Å²) in [7, 11) is -3.94. The Bertz CT molecular complexity index is 781. The van der Waals surface area contributed by atoms with Gasteiger partial charge in [-0.1, -0.05) is 6.07 Å². The Balaban J connectivity index is 1.80. The lowest BCUT2D eigenvalue weighted by Crippen LogP contribution is -2.49. The van der Waals surface area contributed by atoms with Crippen LogP contribution in [0.4, 0.5) is 13.2 Å². The fraction of sp³-hybridized carbons (Fsp3) is 0.533. The second kappa shape index (κ2) is 6.81. The van der Waals surface area contributed by atoms with Gasteiger partial charge in [-0.25, -0.2) is 8.42 Å². The second-order valence-corrected chi connectivity index (χ2v) is 8.92. The molecule has 1 fully saturated rings. The number of thioether (sulfide) groups is 1. The largest absolute Gasteiger partial charge is 0.405 e. The zero-order chi connectivity index (χ0) is 18.2. The number of hydrogen-bond donors (Lipinski definition) is 1. The first-order valence-electron chi connectivity index (χ1n) is 7.74. The van der Waals surface area contributed by atoms with E-state index in [1.54, 1.807) is 17.4 Å². The summed E-state index contributed by atoms with van der Waals surface area (Å²) in [5, 5.41) is 1.78. The summed E-state index contributed by atoms with van der Waals surface area (Å²) in [6.45, 7) is -1.47. The molecule has 1 aliphatic carbocycles. The number of carbonyl (C=O) groups is 1. The summed E-state index contributed by atoms with van der Waals surface area (Å²) >= 11 is 1.20. The highest BCUT2D eigenvalue weighted by atomic mass is 32.2. The average Bonchev–Trinajstić information content (AvgIpc) is 3.20. The van der Waals surface area contributed by atoms with E-state index < -0.39 is 34.7 Å². The smallest absolute Gasteiger partial charge is 0.346 e. The molecule has 1 N–H and O–H groups in total. The van der Waals surface area contributed by atoms with Crippen LogP contribution in [0.5, 0.6) is 0 Å². The molecular formula is C15H17F3N2O3S2. The molecule has 1 aromatic rings. The van der Waals surface area contributed by atoms with Crippen molar-refractivity contribution in [2.75, 3.05) is 18.2 Å². The summed E-state index contributed by atoms with van der Waals surface area (Å²) in [5.41, 5.74) is 2.10. The Labute approximate surface area is 148 Å². The van der Waals surface area contributed by atoms with Crippen LogP contribution >= 0.6 is 11.8 Å². The molecule has 10 heteroatoms. The maximum Gasteiger partial charge on any atom is 0.405 e. The van der Waals surface area contributed by atoms with Crippen LogP contribution in [0.25, 0.3) is 0 Å². The monoisotopic (exact) mass is 394 g/mol. The third-order valence-corrected chi connectivity index (χ3v) is 7.31. The zero-order valence-corrected chi connectivity index (χ0v) is 14.8. The average molecular weight is 394 g/mol. The minimum Gasteiger partial charge on any atom is -0.346 e. The van der Waals surface area contributed by atoms with E-state index in [2.05, 4.69) is 0 Å². The Hall–Kier alpha value is -1.26. The molecule has 1 amide bonds. The molecule has 1 atom stereocenters. The SMILES string of the molecule is O=C(NCC(F)(F)F)[C@@H]1CSCN1S(=O)(=O)c1ccc2c(c1)CCC2. The number of hydrogen-bond acceptors (Lipinski definition) is 4. The van der Waals surface area contributed by atoms with Gasteiger partial charge in [-0.05, 0) is 42.5 Å². The fourth-order valence-corrected chi connectivity index (χ4v) is 6.22. The van der Waals surface area contributed by atoms with Crippen molar-refractivity contribution in [2.24, 2.45) is 0 Å². The number of sulfonamides is 1. The fourth-order valence-electron chi connectivity index (χ4n) is 3.02. The normalized spacial score (nSPS) is 21.3. The van der Waals surface area contributed by atoms with Crippen LogP contribution in [0.3, 0.4) is 0 Å². The number of fused-ring (bicyclic) bond motifs is 1. The molecule has 0 unspecified atom stereocenters. The molecule has 1 aromatic carbocycles. The molecule has 138 valence electrons. The maximum absolute atomic E-state index is 12.9. The summed E-state index contributed by atoms with van der Waals surface area (Å²) in [6.07, 6.45) is -1.84. The first-order chi connectivity index (χ1) is 11.7. The van der Waals surface area contributed by atoms with Gasteiger partial charge in [0.05, 0.1) is 10.8 Å². The summed E-state index contributed by atoms with van der Waals surface area (Å²) in [6, 6.07) is 3.76. The summed E-state index contributed by atoms with van der Waals surface area (Å²) < 4.78 is 63.5. The van der Waals surface area contributed by atoms with Crippen molar-refractivity contribution >= 4 is 27.7 Å². The first-order valence-corrected chi connectivity index (χ1v) is 10.3. The molecular weight excluding hydrogens is 377 g/mol. The van der Waals surface area contributed by atoms with Crippen LogP contribution in [0, 0.1) is 0 Å². The zero-order valence-electron chi connectivity index (χ0n) is 13.2. The van der Waals surface area contributed by atoms with Crippen LogP contribution in [0.1, 0.15) is 17.5 Å². The first kappa shape index (κ1) is 18.5. The van der Waals surface area contributed by atoms with Crippen molar-refractivity contribution in [1.29, 1.82) is 0 Å². The molecule has 1 aliphatic heterocycles. The van der Waals surface area contributed by atoms with Crippen molar-refractivity contribution in [3.63, 3.8) is 0 Å². The van der Waals surface area contributed by atoms with Gasteiger partial charge in [0.2, 0.25) is 15.9 Å². The van der Waals surface area contributed by atoms with Gasteiger partial charge in [-0.15, -0.1) is 11.8 Å². The number of rotatable bonds is 4. The highest BCUT2D eigenvalue weighted by Crippen LogP contribution is 2.31. The Kier molecular flexibility index (Phi) is 5.04. The van der Waals surface area contributed by atoms with Crippen molar-refractivity contribution in [3.05, 3.63) is 29.3 Å². The van der Waals surface area contributed by atoms with Crippen molar-refractivity contribution in [3.8, 4) is 0 Å². The van der Waals surface area contributed by atoms with Crippen molar-refractivity contribution in [1.82, 2.24) is 9.62 Å². The van der Waals surface area contributed by atoms with E-state index in [-0.39, 0.29) is 16.5 Å². The number of amides is 1. The molecule has 25 heavy (non-hydrogen) atoms. The van der Waals surface area contributed by atoms with Gasteiger partial charge in [0.25, 0.3) is 0 Å². The number of carbonyl (C=O) groups excluding carboxylic acids is 1. The third-order valence-electron chi connectivity index (χ3n) is 4.28. The number of alkyl halides is 3. The van der Waals surface area contributed by atoms with E-state index in [4.69, 9.17) is 0 Å². The van der Waals surface area contributed by atoms with Crippen molar-refractivity contribution < 1.29 is 26.4 Å². The lowest BCUT2D eigenvalue weighted by atomic mass is 10.1.